The summed E-state index contributed by atoms with van der Waals surface area (Å²) in [6.07, 6.45) is 3.76. The molecule has 0 spiro atoms. The van der Waals surface area contributed by atoms with Gasteiger partial charge in [0.25, 0.3) is 5.91 Å². The molecular formula is C27H26N4O. The average Bonchev–Trinajstić information content (AvgIpc) is 2.86. The molecule has 2 aromatic carbocycles. The number of rotatable bonds is 6. The summed E-state index contributed by atoms with van der Waals surface area (Å²) in [7, 11) is 0. The standard InChI is InChI=1S/C27H26N4O/c32-27(29-15-7-16-31-17-13-20-8-1-2-9-21(20)19-31)23-18-26(25-12-5-6-14-28-25)30-24-11-4-3-10-22(23)24/h1-6,8-12,14,18H,7,13,15-17,19H2,(H,29,32). The number of hydrogen-bond donors (Lipinski definition) is 1. The van der Waals surface area contributed by atoms with Gasteiger partial charge in [-0.2, -0.15) is 0 Å². The molecule has 0 atom stereocenters. The lowest BCUT2D eigenvalue weighted by atomic mass is 10.00. The summed E-state index contributed by atoms with van der Waals surface area (Å²) < 4.78 is 0. The van der Waals surface area contributed by atoms with Crippen LogP contribution in [0.5, 0.6) is 0 Å². The highest BCUT2D eigenvalue weighted by atomic mass is 16.1. The number of para-hydroxylation sites is 1. The van der Waals surface area contributed by atoms with Gasteiger partial charge >= 0.3 is 0 Å². The van der Waals surface area contributed by atoms with E-state index < -0.39 is 0 Å². The topological polar surface area (TPSA) is 58.1 Å². The van der Waals surface area contributed by atoms with E-state index in [0.717, 1.165) is 49.1 Å². The zero-order valence-corrected chi connectivity index (χ0v) is 18.0. The van der Waals surface area contributed by atoms with Gasteiger partial charge in [0, 0.05) is 37.8 Å². The minimum absolute atomic E-state index is 0.0650. The fourth-order valence-corrected chi connectivity index (χ4v) is 4.35. The van der Waals surface area contributed by atoms with Crippen LogP contribution in [0, 0.1) is 0 Å². The molecule has 0 aliphatic carbocycles. The van der Waals surface area contributed by atoms with Crippen molar-refractivity contribution in [2.75, 3.05) is 19.6 Å². The molecule has 0 radical (unpaired) electrons. The summed E-state index contributed by atoms with van der Waals surface area (Å²) in [6.45, 7) is 3.69. The maximum absolute atomic E-state index is 13.1. The summed E-state index contributed by atoms with van der Waals surface area (Å²) in [4.78, 5) is 24.7. The normalized spacial score (nSPS) is 13.6. The van der Waals surface area contributed by atoms with Crippen LogP contribution < -0.4 is 5.32 Å². The smallest absolute Gasteiger partial charge is 0.252 e. The molecule has 5 rings (SSSR count). The zero-order valence-electron chi connectivity index (χ0n) is 18.0. The van der Waals surface area contributed by atoms with E-state index in [9.17, 15) is 4.79 Å². The molecule has 0 saturated heterocycles. The Morgan fingerprint density at radius 2 is 1.75 bits per heavy atom. The molecule has 1 amide bonds. The van der Waals surface area contributed by atoms with Crippen molar-refractivity contribution in [1.82, 2.24) is 20.2 Å². The third-order valence-corrected chi connectivity index (χ3v) is 6.03. The fourth-order valence-electron chi connectivity index (χ4n) is 4.35. The lowest BCUT2D eigenvalue weighted by Gasteiger charge is -2.28. The minimum Gasteiger partial charge on any atom is -0.352 e. The first-order valence-corrected chi connectivity index (χ1v) is 11.2. The first-order chi connectivity index (χ1) is 15.8. The van der Waals surface area contributed by atoms with Crippen LogP contribution >= 0.6 is 0 Å². The maximum Gasteiger partial charge on any atom is 0.252 e. The van der Waals surface area contributed by atoms with Crippen LogP contribution in [0.15, 0.2) is 79.0 Å². The molecule has 4 aromatic rings. The van der Waals surface area contributed by atoms with E-state index >= 15 is 0 Å². The molecule has 1 aliphatic heterocycles. The predicted molar refractivity (Wildman–Crippen MR) is 127 cm³/mol. The Kier molecular flexibility index (Phi) is 5.90. The SMILES string of the molecule is O=C(NCCCN1CCc2ccccc2C1)c1cc(-c2ccccn2)nc2ccccc12. The highest BCUT2D eigenvalue weighted by Crippen LogP contribution is 2.24. The maximum atomic E-state index is 13.1. The van der Waals surface area contributed by atoms with Gasteiger partial charge in [-0.05, 0) is 48.2 Å². The number of nitrogens with zero attached hydrogens (tertiary/aromatic N) is 3. The summed E-state index contributed by atoms with van der Waals surface area (Å²) in [6, 6.07) is 24.0. The lowest BCUT2D eigenvalue weighted by Crippen LogP contribution is -2.33. The Labute approximate surface area is 188 Å². The van der Waals surface area contributed by atoms with Crippen LogP contribution in [0.3, 0.4) is 0 Å². The number of carbonyl (C=O) groups is 1. The number of amides is 1. The van der Waals surface area contributed by atoms with E-state index in [1.54, 1.807) is 6.20 Å². The Balaban J connectivity index is 1.25. The van der Waals surface area contributed by atoms with Crippen molar-refractivity contribution in [1.29, 1.82) is 0 Å². The molecule has 1 aliphatic rings. The average molecular weight is 423 g/mol. The molecule has 3 heterocycles. The molecule has 1 N–H and O–H groups in total. The van der Waals surface area contributed by atoms with Crippen LogP contribution in [-0.4, -0.2) is 40.4 Å². The van der Waals surface area contributed by atoms with Gasteiger partial charge in [0.15, 0.2) is 0 Å². The Morgan fingerprint density at radius 1 is 0.938 bits per heavy atom. The van der Waals surface area contributed by atoms with Gasteiger partial charge in [0.1, 0.15) is 0 Å². The number of pyridine rings is 2. The Morgan fingerprint density at radius 3 is 2.62 bits per heavy atom. The second-order valence-corrected chi connectivity index (χ2v) is 8.19. The third-order valence-electron chi connectivity index (χ3n) is 6.03. The molecular weight excluding hydrogens is 396 g/mol. The number of benzene rings is 2. The van der Waals surface area contributed by atoms with Crippen molar-refractivity contribution in [3.8, 4) is 11.4 Å². The van der Waals surface area contributed by atoms with E-state index in [-0.39, 0.29) is 5.91 Å². The van der Waals surface area contributed by atoms with E-state index in [4.69, 9.17) is 4.98 Å². The first-order valence-electron chi connectivity index (χ1n) is 11.2. The van der Waals surface area contributed by atoms with Gasteiger partial charge in [-0.15, -0.1) is 0 Å². The molecule has 0 fully saturated rings. The predicted octanol–water partition coefficient (Wildman–Crippen LogP) is 4.48. The van der Waals surface area contributed by atoms with Gasteiger partial charge in [-0.1, -0.05) is 48.5 Å². The van der Waals surface area contributed by atoms with Gasteiger partial charge in [0.2, 0.25) is 0 Å². The van der Waals surface area contributed by atoms with Gasteiger partial charge < -0.3 is 5.32 Å². The molecule has 5 nitrogen and oxygen atoms in total. The Bertz CT molecular complexity index is 1240. The molecule has 2 aromatic heterocycles. The summed E-state index contributed by atoms with van der Waals surface area (Å²) >= 11 is 0. The third kappa shape index (κ3) is 4.39. The molecule has 5 heteroatoms. The van der Waals surface area contributed by atoms with Crippen molar-refractivity contribution in [3.05, 3.63) is 95.7 Å². The molecule has 0 unspecified atom stereocenters. The van der Waals surface area contributed by atoms with E-state index in [0.29, 0.717) is 17.8 Å². The second-order valence-electron chi connectivity index (χ2n) is 8.19. The second kappa shape index (κ2) is 9.28. The van der Waals surface area contributed by atoms with Crippen molar-refractivity contribution < 1.29 is 4.79 Å². The van der Waals surface area contributed by atoms with Gasteiger partial charge in [-0.3, -0.25) is 14.7 Å². The molecule has 32 heavy (non-hydrogen) atoms. The number of carbonyl (C=O) groups excluding carboxylic acids is 1. The van der Waals surface area contributed by atoms with Crippen LogP contribution in [0.4, 0.5) is 0 Å². The summed E-state index contributed by atoms with van der Waals surface area (Å²) in [5.41, 5.74) is 5.80. The van der Waals surface area contributed by atoms with Crippen molar-refractivity contribution in [3.63, 3.8) is 0 Å². The zero-order chi connectivity index (χ0) is 21.8. The van der Waals surface area contributed by atoms with Crippen LogP contribution in [-0.2, 0) is 13.0 Å². The van der Waals surface area contributed by atoms with Crippen molar-refractivity contribution >= 4 is 16.8 Å². The summed E-state index contributed by atoms with van der Waals surface area (Å²) in [5.74, 6) is -0.0650. The molecule has 160 valence electrons. The molecule has 0 bridgehead atoms. The van der Waals surface area contributed by atoms with E-state index in [1.165, 1.54) is 11.1 Å². The van der Waals surface area contributed by atoms with Crippen LogP contribution in [0.2, 0.25) is 0 Å². The quantitative estimate of drug-likeness (QED) is 0.466. The fraction of sp³-hybridized carbons (Fsp3) is 0.222. The number of hydrogen-bond acceptors (Lipinski definition) is 4. The first kappa shape index (κ1) is 20.3. The molecule has 0 saturated carbocycles. The lowest BCUT2D eigenvalue weighted by molar-refractivity contribution is 0.0953. The van der Waals surface area contributed by atoms with Gasteiger partial charge in [-0.25, -0.2) is 4.98 Å². The van der Waals surface area contributed by atoms with E-state index in [1.807, 2.05) is 48.5 Å². The highest BCUT2D eigenvalue weighted by molar-refractivity contribution is 6.07. The van der Waals surface area contributed by atoms with Crippen LogP contribution in [0.25, 0.3) is 22.3 Å². The van der Waals surface area contributed by atoms with Crippen molar-refractivity contribution in [2.24, 2.45) is 0 Å². The van der Waals surface area contributed by atoms with Crippen molar-refractivity contribution in [2.45, 2.75) is 19.4 Å². The largest absolute Gasteiger partial charge is 0.352 e. The minimum atomic E-state index is -0.0650. The monoisotopic (exact) mass is 422 g/mol. The number of fused-ring (bicyclic) bond motifs is 2. The number of aromatic nitrogens is 2. The van der Waals surface area contributed by atoms with E-state index in [2.05, 4.69) is 39.5 Å². The van der Waals surface area contributed by atoms with Crippen LogP contribution in [0.1, 0.15) is 27.9 Å². The van der Waals surface area contributed by atoms with Gasteiger partial charge in [0.05, 0.1) is 22.5 Å². The number of nitrogens with one attached hydrogen (secondary N) is 1. The Hall–Kier alpha value is -3.57. The highest BCUT2D eigenvalue weighted by Gasteiger charge is 2.16. The summed E-state index contributed by atoms with van der Waals surface area (Å²) in [5, 5.41) is 3.97.